The minimum Gasteiger partial charge on any atom is -0.491 e. The number of aromatic nitrogens is 1. The molecule has 0 spiro atoms. The fourth-order valence-electron chi connectivity index (χ4n) is 4.37. The molecule has 4 rings (SSSR count). The van der Waals surface area contributed by atoms with Gasteiger partial charge < -0.3 is 19.5 Å². The number of aliphatic carboxylic acids is 2. The van der Waals surface area contributed by atoms with Crippen molar-refractivity contribution in [3.63, 3.8) is 0 Å². The monoisotopic (exact) mass is 408 g/mol. The molecule has 0 unspecified atom stereocenters. The van der Waals surface area contributed by atoms with Gasteiger partial charge >= 0.3 is 11.9 Å². The van der Waals surface area contributed by atoms with Crippen LogP contribution in [0.1, 0.15) is 43.2 Å². The Bertz CT molecular complexity index is 1120. The van der Waals surface area contributed by atoms with Crippen molar-refractivity contribution in [1.29, 1.82) is 0 Å². The Morgan fingerprint density at radius 1 is 1.17 bits per heavy atom. The van der Waals surface area contributed by atoms with Crippen LogP contribution in [-0.4, -0.2) is 45.1 Å². The minimum absolute atomic E-state index is 0.0910. The normalized spacial score (nSPS) is 15.2. The van der Waals surface area contributed by atoms with Crippen molar-refractivity contribution in [3.05, 3.63) is 46.7 Å². The Labute approximate surface area is 174 Å². The summed E-state index contributed by atoms with van der Waals surface area (Å²) >= 11 is 0. The molecule has 0 saturated heterocycles. The largest absolute Gasteiger partial charge is 0.491 e. The third kappa shape index (κ3) is 3.40. The van der Waals surface area contributed by atoms with Gasteiger partial charge in [0, 0.05) is 23.7 Å². The first kappa shape index (κ1) is 19.9. The summed E-state index contributed by atoms with van der Waals surface area (Å²) < 4.78 is 8.04. The van der Waals surface area contributed by atoms with Crippen LogP contribution in [0.15, 0.2) is 29.3 Å². The number of carbonyl (C=O) groups is 2. The average Bonchev–Trinajstić information content (AvgIpc) is 3.05. The number of fused-ring (bicyclic) bond motifs is 5. The van der Waals surface area contributed by atoms with Crippen LogP contribution in [0.5, 0.6) is 5.75 Å². The van der Waals surface area contributed by atoms with Crippen molar-refractivity contribution in [2.75, 3.05) is 6.54 Å². The number of benzene rings is 1. The molecule has 0 bridgehead atoms. The summed E-state index contributed by atoms with van der Waals surface area (Å²) in [4.78, 5) is 28.0. The van der Waals surface area contributed by atoms with Gasteiger partial charge in [-0.1, -0.05) is 0 Å². The Hall–Kier alpha value is -3.35. The molecule has 7 heteroatoms. The molecule has 1 aliphatic heterocycles. The highest BCUT2D eigenvalue weighted by Gasteiger charge is 2.30. The van der Waals surface area contributed by atoms with E-state index in [1.807, 2.05) is 26.8 Å². The molecule has 2 N–H and O–H groups in total. The highest BCUT2D eigenvalue weighted by Crippen LogP contribution is 2.43. The highest BCUT2D eigenvalue weighted by molar-refractivity contribution is 6.21. The zero-order valence-electron chi connectivity index (χ0n) is 17.2. The third-order valence-corrected chi connectivity index (χ3v) is 5.47. The van der Waals surface area contributed by atoms with Gasteiger partial charge in [0.15, 0.2) is 0 Å². The van der Waals surface area contributed by atoms with Crippen LogP contribution < -0.4 is 4.74 Å². The third-order valence-electron chi connectivity index (χ3n) is 5.47. The zero-order valence-corrected chi connectivity index (χ0v) is 17.2. The van der Waals surface area contributed by atoms with Gasteiger partial charge in [-0.05, 0) is 62.9 Å². The quantitative estimate of drug-likeness (QED) is 0.739. The fraction of sp³-hybridized carbons (Fsp3) is 0.348. The van der Waals surface area contributed by atoms with Gasteiger partial charge in [-0.25, -0.2) is 9.59 Å². The molecule has 156 valence electrons. The van der Waals surface area contributed by atoms with Crippen molar-refractivity contribution in [3.8, 4) is 17.0 Å². The zero-order chi connectivity index (χ0) is 21.6. The molecule has 1 aromatic heterocycles. The van der Waals surface area contributed by atoms with Crippen LogP contribution in [0.25, 0.3) is 16.8 Å². The van der Waals surface area contributed by atoms with Crippen LogP contribution in [-0.2, 0) is 29.0 Å². The minimum atomic E-state index is -1.30. The standard InChI is InChI=1S/C23H24N2O5/c1-12(2)30-16-8-14-4-5-15-9-19-13(3)24-6-7-25(19)22(15)21(14)17(10-16)18(23(28)29)11-20(26)27/h8-12H,4-7H2,1-3H3,(H,26,27)(H,28,29). The summed E-state index contributed by atoms with van der Waals surface area (Å²) in [5.41, 5.74) is 5.96. The SMILES string of the molecule is CC1=NCCn2c1cc1c2-c2c(cc(OC(C)C)cc2C(=CC(=O)O)C(=O)O)CC1. The van der Waals surface area contributed by atoms with Crippen molar-refractivity contribution < 1.29 is 24.5 Å². The molecule has 7 nitrogen and oxygen atoms in total. The Morgan fingerprint density at radius 3 is 2.57 bits per heavy atom. The van der Waals surface area contributed by atoms with E-state index >= 15 is 0 Å². The Balaban J connectivity index is 2.03. The first-order valence-electron chi connectivity index (χ1n) is 10.0. The van der Waals surface area contributed by atoms with Gasteiger partial charge in [0.2, 0.25) is 0 Å². The summed E-state index contributed by atoms with van der Waals surface area (Å²) in [5.74, 6) is -2.04. The van der Waals surface area contributed by atoms with E-state index in [9.17, 15) is 19.8 Å². The van der Waals surface area contributed by atoms with Crippen LogP contribution in [0.3, 0.4) is 0 Å². The van der Waals surface area contributed by atoms with Crippen molar-refractivity contribution in [2.24, 2.45) is 4.99 Å². The number of ether oxygens (including phenoxy) is 1. The van der Waals surface area contributed by atoms with E-state index in [4.69, 9.17) is 4.74 Å². The molecule has 2 aromatic rings. The van der Waals surface area contributed by atoms with Crippen molar-refractivity contribution >= 4 is 23.2 Å². The van der Waals surface area contributed by atoms with Gasteiger partial charge in [0.25, 0.3) is 0 Å². The second-order valence-corrected chi connectivity index (χ2v) is 7.90. The van der Waals surface area contributed by atoms with Crippen molar-refractivity contribution in [1.82, 2.24) is 4.57 Å². The smallest absolute Gasteiger partial charge is 0.336 e. The molecule has 0 atom stereocenters. The molecule has 0 radical (unpaired) electrons. The number of nitrogens with zero attached hydrogens (tertiary/aromatic N) is 2. The van der Waals surface area contributed by atoms with Crippen LogP contribution in [0, 0.1) is 0 Å². The van der Waals surface area contributed by atoms with Gasteiger partial charge in [-0.15, -0.1) is 0 Å². The Kier molecular flexibility index (Phi) is 4.97. The number of carboxylic acids is 2. The number of hydrogen-bond donors (Lipinski definition) is 2. The maximum atomic E-state index is 12.0. The summed E-state index contributed by atoms with van der Waals surface area (Å²) in [6, 6.07) is 5.73. The Morgan fingerprint density at radius 2 is 1.90 bits per heavy atom. The molecule has 2 heterocycles. The van der Waals surface area contributed by atoms with E-state index in [2.05, 4.69) is 15.6 Å². The summed E-state index contributed by atoms with van der Waals surface area (Å²) in [6.07, 6.45) is 2.22. The maximum Gasteiger partial charge on any atom is 0.336 e. The topological polar surface area (TPSA) is 101 Å². The second-order valence-electron chi connectivity index (χ2n) is 7.90. The fourth-order valence-corrected chi connectivity index (χ4v) is 4.37. The summed E-state index contributed by atoms with van der Waals surface area (Å²) in [6.45, 7) is 7.14. The van der Waals surface area contributed by atoms with E-state index in [0.29, 0.717) is 24.4 Å². The average molecular weight is 408 g/mol. The molecule has 0 saturated carbocycles. The lowest BCUT2D eigenvalue weighted by Gasteiger charge is -2.26. The van der Waals surface area contributed by atoms with E-state index in [1.54, 1.807) is 6.07 Å². The first-order chi connectivity index (χ1) is 14.3. The second kappa shape index (κ2) is 7.48. The number of aryl methyl sites for hydroxylation is 2. The van der Waals surface area contributed by atoms with Crippen LogP contribution >= 0.6 is 0 Å². The van der Waals surface area contributed by atoms with Gasteiger partial charge in [-0.3, -0.25) is 4.99 Å². The molecule has 1 aliphatic carbocycles. The lowest BCUT2D eigenvalue weighted by molar-refractivity contribution is -0.133. The molecular weight excluding hydrogens is 384 g/mol. The maximum absolute atomic E-state index is 12.0. The molecule has 2 aliphatic rings. The van der Waals surface area contributed by atoms with Crippen LogP contribution in [0.2, 0.25) is 0 Å². The van der Waals surface area contributed by atoms with E-state index in [0.717, 1.165) is 52.7 Å². The predicted molar refractivity (Wildman–Crippen MR) is 113 cm³/mol. The van der Waals surface area contributed by atoms with Crippen molar-refractivity contribution in [2.45, 2.75) is 46.3 Å². The van der Waals surface area contributed by atoms with Gasteiger partial charge in [0.05, 0.1) is 35.3 Å². The predicted octanol–water partition coefficient (Wildman–Crippen LogP) is 3.42. The molecule has 0 fully saturated rings. The summed E-state index contributed by atoms with van der Waals surface area (Å²) in [5, 5.41) is 19.1. The molecule has 30 heavy (non-hydrogen) atoms. The lowest BCUT2D eigenvalue weighted by Crippen LogP contribution is -2.19. The number of hydrogen-bond acceptors (Lipinski definition) is 4. The van der Waals surface area contributed by atoms with Gasteiger partial charge in [-0.2, -0.15) is 0 Å². The number of aliphatic imine (C=N–C) groups is 1. The summed E-state index contributed by atoms with van der Waals surface area (Å²) in [7, 11) is 0. The molecular formula is C23H24N2O5. The molecule has 0 amide bonds. The highest BCUT2D eigenvalue weighted by atomic mass is 16.5. The number of carboxylic acid groups (broad SMARTS) is 2. The molecule has 1 aromatic carbocycles. The number of rotatable bonds is 5. The lowest BCUT2D eigenvalue weighted by atomic mass is 9.84. The van der Waals surface area contributed by atoms with Gasteiger partial charge in [0.1, 0.15) is 5.75 Å². The van der Waals surface area contributed by atoms with Crippen LogP contribution in [0.4, 0.5) is 0 Å². The van der Waals surface area contributed by atoms with E-state index < -0.39 is 11.9 Å². The van der Waals surface area contributed by atoms with E-state index in [1.165, 1.54) is 0 Å². The first-order valence-corrected chi connectivity index (χ1v) is 10.0. The van der Waals surface area contributed by atoms with E-state index in [-0.39, 0.29) is 11.7 Å².